The van der Waals surface area contributed by atoms with Crippen molar-refractivity contribution in [2.45, 2.75) is 6.92 Å². The number of hydrogen-bond donors (Lipinski definition) is 1. The number of likely N-dealkylation sites (N-methyl/N-ethyl adjacent to an activating group) is 1. The number of hydrogen-bond acceptors (Lipinski definition) is 4. The first kappa shape index (κ1) is 10.4. The number of aliphatic hydroxyl groups excluding tert-OH is 1. The second kappa shape index (κ2) is 4.59. The zero-order valence-corrected chi connectivity index (χ0v) is 9.50. The fourth-order valence-corrected chi connectivity index (χ4v) is 2.58. The van der Waals surface area contributed by atoms with Gasteiger partial charge in [0.2, 0.25) is 0 Å². The normalized spacial score (nSPS) is 10.8. The summed E-state index contributed by atoms with van der Waals surface area (Å²) in [7, 11) is 0. The fraction of sp³-hybridized carbons (Fsp3) is 0.364. The highest BCUT2D eigenvalue weighted by atomic mass is 32.1. The van der Waals surface area contributed by atoms with E-state index in [9.17, 15) is 0 Å². The second-order valence-corrected chi connectivity index (χ2v) is 4.06. The van der Waals surface area contributed by atoms with Crippen molar-refractivity contribution in [3.8, 4) is 0 Å². The van der Waals surface area contributed by atoms with Crippen molar-refractivity contribution in [1.29, 1.82) is 0 Å². The Hall–Kier alpha value is -1.13. The molecular formula is C11H14N2OS. The van der Waals surface area contributed by atoms with Gasteiger partial charge in [-0.05, 0) is 30.6 Å². The van der Waals surface area contributed by atoms with Crippen LogP contribution in [0.25, 0.3) is 10.9 Å². The maximum absolute atomic E-state index is 8.98. The van der Waals surface area contributed by atoms with Gasteiger partial charge in [-0.25, -0.2) is 0 Å². The van der Waals surface area contributed by atoms with Crippen LogP contribution in [0.15, 0.2) is 24.3 Å². The topological polar surface area (TPSA) is 36.4 Å². The van der Waals surface area contributed by atoms with Gasteiger partial charge in [-0.15, -0.1) is 0 Å². The van der Waals surface area contributed by atoms with Gasteiger partial charge in [0.15, 0.2) is 0 Å². The van der Waals surface area contributed by atoms with Crippen LogP contribution < -0.4 is 4.90 Å². The molecule has 15 heavy (non-hydrogen) atoms. The summed E-state index contributed by atoms with van der Waals surface area (Å²) >= 11 is 1.50. The Morgan fingerprint density at radius 1 is 1.40 bits per heavy atom. The van der Waals surface area contributed by atoms with Crippen molar-refractivity contribution in [2.24, 2.45) is 0 Å². The van der Waals surface area contributed by atoms with Crippen molar-refractivity contribution in [3.05, 3.63) is 24.3 Å². The highest BCUT2D eigenvalue weighted by Gasteiger charge is 2.10. The van der Waals surface area contributed by atoms with Crippen molar-refractivity contribution >= 4 is 27.4 Å². The SMILES string of the molecule is CCN(CCO)c1snc2ccccc12. The average molecular weight is 222 g/mol. The molecule has 2 rings (SSSR count). The molecule has 0 fully saturated rings. The first-order valence-electron chi connectivity index (χ1n) is 5.07. The van der Waals surface area contributed by atoms with Crippen LogP contribution in [0.3, 0.4) is 0 Å². The van der Waals surface area contributed by atoms with Crippen LogP contribution in [0, 0.1) is 0 Å². The number of rotatable bonds is 4. The highest BCUT2D eigenvalue weighted by molar-refractivity contribution is 7.11. The Balaban J connectivity index is 2.41. The molecule has 0 aliphatic carbocycles. The van der Waals surface area contributed by atoms with Gasteiger partial charge in [0.05, 0.1) is 12.1 Å². The number of aromatic nitrogens is 1. The Labute approximate surface area is 93.1 Å². The van der Waals surface area contributed by atoms with Crippen LogP contribution in [0.1, 0.15) is 6.92 Å². The van der Waals surface area contributed by atoms with Gasteiger partial charge in [0.25, 0.3) is 0 Å². The predicted molar refractivity (Wildman–Crippen MR) is 64.6 cm³/mol. The summed E-state index contributed by atoms with van der Waals surface area (Å²) in [5.74, 6) is 0. The van der Waals surface area contributed by atoms with Crippen LogP contribution in [0.4, 0.5) is 5.00 Å². The molecule has 1 N–H and O–H groups in total. The van der Waals surface area contributed by atoms with E-state index in [4.69, 9.17) is 5.11 Å². The standard InChI is InChI=1S/C11H14N2OS/c1-2-13(7-8-14)11-9-5-3-4-6-10(9)12-15-11/h3-6,14H,2,7-8H2,1H3. The quantitative estimate of drug-likeness (QED) is 0.860. The van der Waals surface area contributed by atoms with E-state index in [-0.39, 0.29) is 6.61 Å². The van der Waals surface area contributed by atoms with Gasteiger partial charge in [0.1, 0.15) is 5.00 Å². The van der Waals surface area contributed by atoms with Crippen LogP contribution in [0.2, 0.25) is 0 Å². The third-order valence-corrected chi connectivity index (χ3v) is 3.34. The molecule has 0 spiro atoms. The lowest BCUT2D eigenvalue weighted by Gasteiger charge is -2.19. The maximum Gasteiger partial charge on any atom is 0.120 e. The predicted octanol–water partition coefficient (Wildman–Crippen LogP) is 2.11. The molecule has 2 aromatic rings. The Bertz CT molecular complexity index is 441. The van der Waals surface area contributed by atoms with E-state index in [2.05, 4.69) is 22.3 Å². The summed E-state index contributed by atoms with van der Waals surface area (Å²) in [6, 6.07) is 8.11. The molecule has 1 aromatic carbocycles. The minimum absolute atomic E-state index is 0.181. The molecule has 3 nitrogen and oxygen atoms in total. The lowest BCUT2D eigenvalue weighted by atomic mass is 10.2. The van der Waals surface area contributed by atoms with Crippen LogP contribution >= 0.6 is 11.5 Å². The summed E-state index contributed by atoms with van der Waals surface area (Å²) in [6.45, 7) is 3.83. The smallest absolute Gasteiger partial charge is 0.120 e. The zero-order chi connectivity index (χ0) is 10.7. The van der Waals surface area contributed by atoms with E-state index in [0.29, 0.717) is 6.54 Å². The van der Waals surface area contributed by atoms with Crippen LogP contribution in [-0.2, 0) is 0 Å². The number of benzene rings is 1. The summed E-state index contributed by atoms with van der Waals surface area (Å²) in [4.78, 5) is 2.15. The second-order valence-electron chi connectivity index (χ2n) is 3.31. The van der Waals surface area contributed by atoms with Crippen LogP contribution in [0.5, 0.6) is 0 Å². The largest absolute Gasteiger partial charge is 0.395 e. The molecule has 4 heteroatoms. The van der Waals surface area contributed by atoms with Crippen molar-refractivity contribution in [3.63, 3.8) is 0 Å². The van der Waals surface area contributed by atoms with E-state index in [1.165, 1.54) is 16.9 Å². The monoisotopic (exact) mass is 222 g/mol. The molecule has 0 aliphatic rings. The molecule has 0 bridgehead atoms. The van der Waals surface area contributed by atoms with Gasteiger partial charge in [0, 0.05) is 18.5 Å². The van der Waals surface area contributed by atoms with E-state index in [0.717, 1.165) is 17.1 Å². The molecule has 80 valence electrons. The molecule has 0 atom stereocenters. The maximum atomic E-state index is 8.98. The lowest BCUT2D eigenvalue weighted by Crippen LogP contribution is -2.25. The minimum atomic E-state index is 0.181. The van der Waals surface area contributed by atoms with Gasteiger partial charge in [-0.3, -0.25) is 0 Å². The van der Waals surface area contributed by atoms with Gasteiger partial charge < -0.3 is 10.0 Å². The summed E-state index contributed by atoms with van der Waals surface area (Å²) in [5.41, 5.74) is 1.04. The van der Waals surface area contributed by atoms with E-state index >= 15 is 0 Å². The minimum Gasteiger partial charge on any atom is -0.395 e. The Kier molecular flexibility index (Phi) is 3.18. The molecule has 0 unspecified atom stereocenters. The van der Waals surface area contributed by atoms with E-state index in [1.807, 2.05) is 18.2 Å². The average Bonchev–Trinajstić information content (AvgIpc) is 2.70. The number of anilines is 1. The fourth-order valence-electron chi connectivity index (χ4n) is 1.63. The number of fused-ring (bicyclic) bond motifs is 1. The van der Waals surface area contributed by atoms with Crippen LogP contribution in [-0.4, -0.2) is 29.2 Å². The molecule has 0 saturated heterocycles. The van der Waals surface area contributed by atoms with Crippen molar-refractivity contribution < 1.29 is 5.11 Å². The first-order chi connectivity index (χ1) is 7.36. The summed E-state index contributed by atoms with van der Waals surface area (Å²) in [6.07, 6.45) is 0. The van der Waals surface area contributed by atoms with Crippen molar-refractivity contribution in [2.75, 3.05) is 24.6 Å². The lowest BCUT2D eigenvalue weighted by molar-refractivity contribution is 0.302. The molecule has 0 radical (unpaired) electrons. The summed E-state index contributed by atoms with van der Waals surface area (Å²) in [5, 5.41) is 11.3. The third kappa shape index (κ3) is 1.96. The van der Waals surface area contributed by atoms with E-state index < -0.39 is 0 Å². The van der Waals surface area contributed by atoms with Gasteiger partial charge >= 0.3 is 0 Å². The highest BCUT2D eigenvalue weighted by Crippen LogP contribution is 2.30. The molecule has 0 amide bonds. The molecule has 0 aliphatic heterocycles. The molecule has 1 heterocycles. The van der Waals surface area contributed by atoms with Crippen molar-refractivity contribution in [1.82, 2.24) is 4.37 Å². The molecule has 1 aromatic heterocycles. The van der Waals surface area contributed by atoms with Gasteiger partial charge in [-0.1, -0.05) is 12.1 Å². The Morgan fingerprint density at radius 3 is 2.93 bits per heavy atom. The first-order valence-corrected chi connectivity index (χ1v) is 5.84. The van der Waals surface area contributed by atoms with E-state index in [1.54, 1.807) is 0 Å². The van der Waals surface area contributed by atoms with Gasteiger partial charge in [-0.2, -0.15) is 4.37 Å². The number of nitrogens with zero attached hydrogens (tertiary/aromatic N) is 2. The molecular weight excluding hydrogens is 208 g/mol. The Morgan fingerprint density at radius 2 is 2.20 bits per heavy atom. The summed E-state index contributed by atoms with van der Waals surface area (Å²) < 4.78 is 4.39. The molecule has 0 saturated carbocycles. The number of aliphatic hydroxyl groups is 1. The third-order valence-electron chi connectivity index (χ3n) is 2.40. The zero-order valence-electron chi connectivity index (χ0n) is 8.68.